The number of nitrogens with two attached hydrogens (primary N) is 1. The van der Waals surface area contributed by atoms with Crippen LogP contribution in [-0.2, 0) is 9.16 Å². The number of benzene rings is 2. The van der Waals surface area contributed by atoms with E-state index in [4.69, 9.17) is 14.9 Å². The Hall–Kier alpha value is -2.15. The molecule has 1 aliphatic heterocycles. The third-order valence-corrected chi connectivity index (χ3v) is 11.4. The second-order valence-electron chi connectivity index (χ2n) is 11.1. The molecule has 1 heterocycles. The number of likely N-dealkylation sites (tertiary alicyclic amines) is 1. The SMILES string of the molecule is CC(N)[C@@H]1[C@@H](O[Si](c2ccccc2)(c2ccccc2)C(C)(C)C)CCN1C(=O)OC(C)(C)C. The molecule has 3 atom stereocenters. The summed E-state index contributed by atoms with van der Waals surface area (Å²) >= 11 is 0. The van der Waals surface area contributed by atoms with Gasteiger partial charge in [0.2, 0.25) is 0 Å². The first-order chi connectivity index (χ1) is 15.4. The van der Waals surface area contributed by atoms with Crippen molar-refractivity contribution >= 4 is 24.8 Å². The third kappa shape index (κ3) is 5.34. The average Bonchev–Trinajstić information content (AvgIpc) is 3.15. The van der Waals surface area contributed by atoms with Gasteiger partial charge in [0.15, 0.2) is 0 Å². The molecule has 1 amide bonds. The van der Waals surface area contributed by atoms with E-state index in [1.807, 2.05) is 39.8 Å². The number of carbonyl (C=O) groups excluding carboxylic acids is 1. The molecule has 0 bridgehead atoms. The van der Waals surface area contributed by atoms with Crippen LogP contribution in [0.25, 0.3) is 0 Å². The number of ether oxygens (including phenoxy) is 1. The van der Waals surface area contributed by atoms with Crippen LogP contribution in [0.15, 0.2) is 60.7 Å². The highest BCUT2D eigenvalue weighted by molar-refractivity contribution is 6.99. The summed E-state index contributed by atoms with van der Waals surface area (Å²) in [5.74, 6) is 0. The van der Waals surface area contributed by atoms with Crippen molar-refractivity contribution in [1.82, 2.24) is 4.90 Å². The third-order valence-electron chi connectivity index (χ3n) is 6.31. The molecule has 1 aliphatic rings. The number of rotatable bonds is 5. The van der Waals surface area contributed by atoms with Crippen molar-refractivity contribution in [3.63, 3.8) is 0 Å². The van der Waals surface area contributed by atoms with E-state index in [-0.39, 0.29) is 29.3 Å². The molecule has 2 N–H and O–H groups in total. The fourth-order valence-corrected chi connectivity index (χ4v) is 9.72. The molecule has 0 aliphatic carbocycles. The van der Waals surface area contributed by atoms with Gasteiger partial charge in [-0.2, -0.15) is 0 Å². The van der Waals surface area contributed by atoms with E-state index in [0.717, 1.165) is 6.42 Å². The van der Waals surface area contributed by atoms with Crippen molar-refractivity contribution in [3.05, 3.63) is 60.7 Å². The van der Waals surface area contributed by atoms with Gasteiger partial charge >= 0.3 is 6.09 Å². The maximum Gasteiger partial charge on any atom is 0.410 e. The van der Waals surface area contributed by atoms with Crippen LogP contribution in [0.3, 0.4) is 0 Å². The minimum atomic E-state index is -2.75. The van der Waals surface area contributed by atoms with Gasteiger partial charge < -0.3 is 19.8 Å². The Balaban J connectivity index is 2.07. The van der Waals surface area contributed by atoms with Crippen LogP contribution in [0.5, 0.6) is 0 Å². The fraction of sp³-hybridized carbons (Fsp3) is 0.519. The Morgan fingerprint density at radius 1 is 0.970 bits per heavy atom. The van der Waals surface area contributed by atoms with Crippen molar-refractivity contribution in [3.8, 4) is 0 Å². The van der Waals surface area contributed by atoms with Crippen molar-refractivity contribution in [2.45, 2.75) is 83.7 Å². The largest absolute Gasteiger partial charge is 0.444 e. The van der Waals surface area contributed by atoms with Gasteiger partial charge in [0.25, 0.3) is 8.32 Å². The molecule has 0 aromatic heterocycles. The van der Waals surface area contributed by atoms with E-state index in [9.17, 15) is 4.79 Å². The van der Waals surface area contributed by atoms with Crippen LogP contribution < -0.4 is 16.1 Å². The van der Waals surface area contributed by atoms with Crippen molar-refractivity contribution in [1.29, 1.82) is 0 Å². The molecule has 2 aromatic rings. The molecule has 1 unspecified atom stereocenters. The van der Waals surface area contributed by atoms with Crippen molar-refractivity contribution < 1.29 is 14.0 Å². The van der Waals surface area contributed by atoms with Gasteiger partial charge in [0.1, 0.15) is 5.60 Å². The molecule has 0 radical (unpaired) electrons. The van der Waals surface area contributed by atoms with Gasteiger partial charge in [-0.25, -0.2) is 4.79 Å². The zero-order valence-corrected chi connectivity index (χ0v) is 22.2. The molecule has 2 aromatic carbocycles. The van der Waals surface area contributed by atoms with Crippen molar-refractivity contribution in [2.24, 2.45) is 5.73 Å². The minimum Gasteiger partial charge on any atom is -0.444 e. The van der Waals surface area contributed by atoms with Gasteiger partial charge in [-0.1, -0.05) is 81.4 Å². The van der Waals surface area contributed by atoms with Crippen LogP contribution in [0.2, 0.25) is 5.04 Å². The Labute approximate surface area is 200 Å². The molecular formula is C27H40N2O3Si. The standard InChI is InChI=1S/C27H40N2O3Si/c1-20(28)24-23(18-19-29(24)25(30)31-26(2,3)4)32-33(27(5,6)7,21-14-10-8-11-15-21)22-16-12-9-13-17-22/h8-17,20,23-24H,18-19,28H2,1-7H3/t20?,23-,24+/m0/s1. The Bertz CT molecular complexity index is 880. The minimum absolute atomic E-state index is 0.141. The molecule has 0 saturated carbocycles. The van der Waals surface area contributed by atoms with E-state index in [1.165, 1.54) is 10.4 Å². The summed E-state index contributed by atoms with van der Waals surface area (Å²) in [7, 11) is -2.75. The molecule has 33 heavy (non-hydrogen) atoms. The highest BCUT2D eigenvalue weighted by Crippen LogP contribution is 2.40. The van der Waals surface area contributed by atoms with Crippen LogP contribution in [-0.4, -0.2) is 49.6 Å². The Morgan fingerprint density at radius 3 is 1.85 bits per heavy atom. The van der Waals surface area contributed by atoms with Crippen LogP contribution in [0.4, 0.5) is 4.79 Å². The smallest absolute Gasteiger partial charge is 0.410 e. The number of carbonyl (C=O) groups is 1. The lowest BCUT2D eigenvalue weighted by Gasteiger charge is -2.46. The summed E-state index contributed by atoms with van der Waals surface area (Å²) in [4.78, 5) is 14.8. The summed E-state index contributed by atoms with van der Waals surface area (Å²) in [6.07, 6.45) is 0.234. The van der Waals surface area contributed by atoms with Crippen LogP contribution >= 0.6 is 0 Å². The molecule has 1 saturated heterocycles. The molecule has 0 spiro atoms. The van der Waals surface area contributed by atoms with E-state index in [2.05, 4.69) is 69.3 Å². The Kier molecular flexibility index (Phi) is 7.41. The van der Waals surface area contributed by atoms with E-state index in [0.29, 0.717) is 6.54 Å². The highest BCUT2D eigenvalue weighted by Gasteiger charge is 2.54. The summed E-state index contributed by atoms with van der Waals surface area (Å²) in [6.45, 7) is 15.0. The van der Waals surface area contributed by atoms with Crippen LogP contribution in [0.1, 0.15) is 54.9 Å². The second-order valence-corrected chi connectivity index (χ2v) is 15.4. The van der Waals surface area contributed by atoms with Gasteiger partial charge in [0.05, 0.1) is 12.1 Å². The number of hydrogen-bond acceptors (Lipinski definition) is 4. The number of hydrogen-bond donors (Lipinski definition) is 1. The first-order valence-corrected chi connectivity index (χ1v) is 13.8. The summed E-state index contributed by atoms with van der Waals surface area (Å²) in [5.41, 5.74) is 5.91. The number of amides is 1. The molecule has 180 valence electrons. The quantitative estimate of drug-likeness (QED) is 0.665. The predicted octanol–water partition coefficient (Wildman–Crippen LogP) is 4.29. The molecule has 1 fully saturated rings. The Morgan fingerprint density at radius 2 is 1.45 bits per heavy atom. The number of nitrogens with zero attached hydrogens (tertiary/aromatic N) is 1. The lowest BCUT2D eigenvalue weighted by atomic mass is 10.1. The first-order valence-electron chi connectivity index (χ1n) is 11.9. The normalized spacial score (nSPS) is 20.5. The van der Waals surface area contributed by atoms with Gasteiger partial charge in [-0.3, -0.25) is 0 Å². The summed E-state index contributed by atoms with van der Waals surface area (Å²) in [6, 6.07) is 20.7. The van der Waals surface area contributed by atoms with Crippen molar-refractivity contribution in [2.75, 3.05) is 6.54 Å². The molecule has 5 nitrogen and oxygen atoms in total. The van der Waals surface area contributed by atoms with Crippen LogP contribution in [0, 0.1) is 0 Å². The first kappa shape index (κ1) is 25.5. The topological polar surface area (TPSA) is 64.8 Å². The van der Waals surface area contributed by atoms with Gasteiger partial charge in [0, 0.05) is 12.6 Å². The maximum absolute atomic E-state index is 13.0. The van der Waals surface area contributed by atoms with E-state index in [1.54, 1.807) is 4.90 Å². The lowest BCUT2D eigenvalue weighted by Crippen LogP contribution is -2.69. The van der Waals surface area contributed by atoms with E-state index >= 15 is 0 Å². The predicted molar refractivity (Wildman–Crippen MR) is 137 cm³/mol. The van der Waals surface area contributed by atoms with Gasteiger partial charge in [-0.05, 0) is 49.5 Å². The highest BCUT2D eigenvalue weighted by atomic mass is 28.4. The summed E-state index contributed by atoms with van der Waals surface area (Å²) < 4.78 is 13.0. The monoisotopic (exact) mass is 468 g/mol. The zero-order valence-electron chi connectivity index (χ0n) is 21.2. The van der Waals surface area contributed by atoms with E-state index < -0.39 is 13.9 Å². The lowest BCUT2D eigenvalue weighted by molar-refractivity contribution is 0.0141. The second kappa shape index (κ2) is 9.61. The molecular weight excluding hydrogens is 428 g/mol. The zero-order chi connectivity index (χ0) is 24.4. The molecule has 3 rings (SSSR count). The average molecular weight is 469 g/mol. The fourth-order valence-electron chi connectivity index (χ4n) is 4.99. The maximum atomic E-state index is 13.0. The van der Waals surface area contributed by atoms with Gasteiger partial charge in [-0.15, -0.1) is 0 Å². The summed E-state index contributed by atoms with van der Waals surface area (Å²) in [5, 5.41) is 2.31. The molecule has 6 heteroatoms.